The Morgan fingerprint density at radius 1 is 0.966 bits per heavy atom. The predicted molar refractivity (Wildman–Crippen MR) is 109 cm³/mol. The number of carbonyl (C=O) groups is 3. The smallest absolute Gasteiger partial charge is 0.290 e. The number of hydrogen-bond donors (Lipinski definition) is 1. The van der Waals surface area contributed by atoms with E-state index in [0.717, 1.165) is 19.3 Å². The van der Waals surface area contributed by atoms with Gasteiger partial charge in [0.1, 0.15) is 0 Å². The van der Waals surface area contributed by atoms with Crippen LogP contribution < -0.4 is 5.32 Å². The van der Waals surface area contributed by atoms with Gasteiger partial charge in [-0.25, -0.2) is 4.98 Å². The molecule has 1 aliphatic heterocycles. The molecule has 1 saturated heterocycles. The largest absolute Gasteiger partial charge is 0.336 e. The summed E-state index contributed by atoms with van der Waals surface area (Å²) in [4.78, 5) is 43.5. The number of piperidine rings is 1. The van der Waals surface area contributed by atoms with E-state index in [0.29, 0.717) is 29.9 Å². The fraction of sp³-hybridized carbons (Fsp3) is 0.273. The van der Waals surface area contributed by atoms with Gasteiger partial charge >= 0.3 is 0 Å². The van der Waals surface area contributed by atoms with Crippen LogP contribution in [-0.4, -0.2) is 45.0 Å². The van der Waals surface area contributed by atoms with E-state index in [1.807, 2.05) is 12.1 Å². The number of rotatable bonds is 4. The third kappa shape index (κ3) is 3.76. The van der Waals surface area contributed by atoms with E-state index in [9.17, 15) is 14.4 Å². The number of pyridine rings is 1. The third-order valence-electron chi connectivity index (χ3n) is 5.15. The molecule has 2 amide bonds. The molecule has 1 N–H and O–H groups in total. The van der Waals surface area contributed by atoms with Gasteiger partial charge in [0.15, 0.2) is 11.5 Å². The van der Waals surface area contributed by atoms with Crippen LogP contribution >= 0.6 is 0 Å². The lowest BCUT2D eigenvalue weighted by atomic mass is 10.1. The lowest BCUT2D eigenvalue weighted by molar-refractivity contribution is 0.0711. The summed E-state index contributed by atoms with van der Waals surface area (Å²) in [6.07, 6.45) is 4.84. The number of carbonyl (C=O) groups excluding carboxylic acids is 3. The lowest BCUT2D eigenvalue weighted by Crippen LogP contribution is -2.36. The number of amides is 2. The van der Waals surface area contributed by atoms with E-state index in [1.54, 1.807) is 45.8 Å². The van der Waals surface area contributed by atoms with Crippen molar-refractivity contribution in [2.45, 2.75) is 26.2 Å². The minimum absolute atomic E-state index is 0.0381. The zero-order valence-electron chi connectivity index (χ0n) is 16.2. The van der Waals surface area contributed by atoms with Crippen molar-refractivity contribution >= 4 is 28.8 Å². The second-order valence-corrected chi connectivity index (χ2v) is 7.18. The number of imidazole rings is 1. The van der Waals surface area contributed by atoms with Gasteiger partial charge in [-0.3, -0.25) is 18.8 Å². The van der Waals surface area contributed by atoms with Crippen LogP contribution in [0.25, 0.3) is 5.52 Å². The highest BCUT2D eigenvalue weighted by Gasteiger charge is 2.26. The van der Waals surface area contributed by atoms with Crippen molar-refractivity contribution in [2.24, 2.45) is 0 Å². The highest BCUT2D eigenvalue weighted by atomic mass is 16.2. The number of aromatic nitrogens is 2. The Morgan fingerprint density at radius 3 is 2.38 bits per heavy atom. The number of fused-ring (bicyclic) bond motifs is 1. The fourth-order valence-corrected chi connectivity index (χ4v) is 3.57. The van der Waals surface area contributed by atoms with Gasteiger partial charge in [0.05, 0.1) is 5.52 Å². The molecule has 1 fully saturated rings. The highest BCUT2D eigenvalue weighted by molar-refractivity contribution is 6.09. The van der Waals surface area contributed by atoms with E-state index in [4.69, 9.17) is 0 Å². The maximum Gasteiger partial charge on any atom is 0.290 e. The number of benzene rings is 1. The summed E-state index contributed by atoms with van der Waals surface area (Å²) >= 11 is 0. The Hall–Kier alpha value is -3.48. The molecule has 1 aliphatic rings. The first-order valence-electron chi connectivity index (χ1n) is 9.73. The Morgan fingerprint density at radius 2 is 1.69 bits per heavy atom. The molecule has 0 unspecified atom stereocenters. The van der Waals surface area contributed by atoms with Crippen LogP contribution in [0.5, 0.6) is 0 Å². The summed E-state index contributed by atoms with van der Waals surface area (Å²) in [7, 11) is 0. The monoisotopic (exact) mass is 390 g/mol. The van der Waals surface area contributed by atoms with Crippen LogP contribution in [0.1, 0.15) is 57.7 Å². The summed E-state index contributed by atoms with van der Waals surface area (Å²) in [5.41, 5.74) is 1.90. The van der Waals surface area contributed by atoms with Gasteiger partial charge in [-0.05, 0) is 62.6 Å². The molecule has 29 heavy (non-hydrogen) atoms. The number of anilines is 1. The van der Waals surface area contributed by atoms with Gasteiger partial charge in [-0.2, -0.15) is 0 Å². The molecule has 3 aromatic rings. The molecular formula is C22H22N4O3. The molecule has 2 aromatic heterocycles. The minimum Gasteiger partial charge on any atom is -0.336 e. The number of hydrogen-bond acceptors (Lipinski definition) is 4. The maximum absolute atomic E-state index is 13.0. The summed E-state index contributed by atoms with van der Waals surface area (Å²) in [5, 5.41) is 2.80. The molecule has 4 rings (SSSR count). The second kappa shape index (κ2) is 7.87. The van der Waals surface area contributed by atoms with Gasteiger partial charge < -0.3 is 10.2 Å². The molecule has 0 bridgehead atoms. The zero-order valence-corrected chi connectivity index (χ0v) is 16.2. The van der Waals surface area contributed by atoms with Gasteiger partial charge in [0.25, 0.3) is 11.8 Å². The molecule has 0 atom stereocenters. The minimum atomic E-state index is -0.401. The first kappa shape index (κ1) is 18.9. The standard InChI is InChI=1S/C22H22N4O3/c1-15(27)16-8-10-17(11-9-16)23-21(28)19-18-7-3-6-14-26(18)20(24-19)22(29)25-12-4-2-5-13-25/h3,6-11,14H,2,4-5,12-13H2,1H3,(H,23,28). The maximum atomic E-state index is 13.0. The molecule has 0 aliphatic carbocycles. The quantitative estimate of drug-likeness (QED) is 0.692. The number of nitrogens with zero attached hydrogens (tertiary/aromatic N) is 3. The van der Waals surface area contributed by atoms with Crippen LogP contribution in [0.3, 0.4) is 0 Å². The summed E-state index contributed by atoms with van der Waals surface area (Å²) in [6, 6.07) is 12.1. The zero-order chi connectivity index (χ0) is 20.4. The molecule has 0 radical (unpaired) electrons. The number of Topliss-reactive ketones (excluding diaryl/α,β-unsaturated/α-hetero) is 1. The number of ketones is 1. The fourth-order valence-electron chi connectivity index (χ4n) is 3.57. The average Bonchev–Trinajstić information content (AvgIpc) is 3.14. The number of likely N-dealkylation sites (tertiary alicyclic amines) is 1. The van der Waals surface area contributed by atoms with Crippen molar-refractivity contribution in [2.75, 3.05) is 18.4 Å². The Balaban J connectivity index is 1.64. The summed E-state index contributed by atoms with van der Waals surface area (Å²) in [5.74, 6) is -0.346. The SMILES string of the molecule is CC(=O)c1ccc(NC(=O)c2nc(C(=O)N3CCCCC3)n3ccccc23)cc1. The Labute approximate surface area is 168 Å². The van der Waals surface area contributed by atoms with E-state index < -0.39 is 5.91 Å². The summed E-state index contributed by atoms with van der Waals surface area (Å²) < 4.78 is 1.67. The third-order valence-corrected chi connectivity index (χ3v) is 5.15. The van der Waals surface area contributed by atoms with Crippen molar-refractivity contribution < 1.29 is 14.4 Å². The molecular weight excluding hydrogens is 368 g/mol. The van der Waals surface area contributed by atoms with Crippen LogP contribution in [0.15, 0.2) is 48.7 Å². The first-order chi connectivity index (χ1) is 14.0. The van der Waals surface area contributed by atoms with Gasteiger partial charge in [0, 0.05) is 30.5 Å². The van der Waals surface area contributed by atoms with Crippen LogP contribution in [0.4, 0.5) is 5.69 Å². The highest BCUT2D eigenvalue weighted by Crippen LogP contribution is 2.19. The van der Waals surface area contributed by atoms with Gasteiger partial charge in [-0.1, -0.05) is 6.07 Å². The molecule has 0 saturated carbocycles. The predicted octanol–water partition coefficient (Wildman–Crippen LogP) is 3.42. The Bertz CT molecular complexity index is 1080. The van der Waals surface area contributed by atoms with Crippen LogP contribution in [-0.2, 0) is 0 Å². The molecule has 1 aromatic carbocycles. The van der Waals surface area contributed by atoms with E-state index in [2.05, 4.69) is 10.3 Å². The molecule has 7 heteroatoms. The number of nitrogens with one attached hydrogen (secondary N) is 1. The van der Waals surface area contributed by atoms with Crippen molar-refractivity contribution in [1.82, 2.24) is 14.3 Å². The lowest BCUT2D eigenvalue weighted by Gasteiger charge is -2.25. The molecule has 148 valence electrons. The molecule has 0 spiro atoms. The molecule has 7 nitrogen and oxygen atoms in total. The van der Waals surface area contributed by atoms with E-state index >= 15 is 0 Å². The van der Waals surface area contributed by atoms with Crippen molar-refractivity contribution in [3.8, 4) is 0 Å². The van der Waals surface area contributed by atoms with Crippen molar-refractivity contribution in [3.63, 3.8) is 0 Å². The van der Waals surface area contributed by atoms with Crippen LogP contribution in [0, 0.1) is 0 Å². The van der Waals surface area contributed by atoms with Crippen LogP contribution in [0.2, 0.25) is 0 Å². The molecule has 3 heterocycles. The van der Waals surface area contributed by atoms with Crippen molar-refractivity contribution in [3.05, 3.63) is 65.7 Å². The Kier molecular flexibility index (Phi) is 5.12. The second-order valence-electron chi connectivity index (χ2n) is 7.18. The average molecular weight is 390 g/mol. The van der Waals surface area contributed by atoms with E-state index in [1.165, 1.54) is 6.92 Å². The normalized spacial score (nSPS) is 14.0. The van der Waals surface area contributed by atoms with Crippen molar-refractivity contribution in [1.29, 1.82) is 0 Å². The first-order valence-corrected chi connectivity index (χ1v) is 9.73. The van der Waals surface area contributed by atoms with Gasteiger partial charge in [-0.15, -0.1) is 0 Å². The van der Waals surface area contributed by atoms with Gasteiger partial charge in [0.2, 0.25) is 5.82 Å². The summed E-state index contributed by atoms with van der Waals surface area (Å²) in [6.45, 7) is 2.92. The van der Waals surface area contributed by atoms with E-state index in [-0.39, 0.29) is 23.2 Å². The topological polar surface area (TPSA) is 83.8 Å².